The van der Waals surface area contributed by atoms with Crippen LogP contribution in [0, 0.1) is 17.2 Å². The Balaban J connectivity index is 1.72. The molecule has 0 heterocycles. The van der Waals surface area contributed by atoms with Gasteiger partial charge >= 0.3 is 6.18 Å². The molecule has 7 heteroatoms. The Morgan fingerprint density at radius 3 is 2.46 bits per heavy atom. The number of hydrogen-bond acceptors (Lipinski definition) is 4. The number of carbonyl (C=O) groups excluding carboxylic acids is 1. The molecule has 28 heavy (non-hydrogen) atoms. The predicted octanol–water partition coefficient (Wildman–Crippen LogP) is 4.68. The number of nitrogens with zero attached hydrogens (tertiary/aromatic N) is 2. The average molecular weight is 388 g/mol. The van der Waals surface area contributed by atoms with E-state index in [0.29, 0.717) is 36.0 Å². The summed E-state index contributed by atoms with van der Waals surface area (Å²) >= 11 is 0. The van der Waals surface area contributed by atoms with E-state index in [4.69, 9.17) is 10.00 Å². The van der Waals surface area contributed by atoms with E-state index in [9.17, 15) is 18.0 Å². The summed E-state index contributed by atoms with van der Waals surface area (Å²) in [5.74, 6) is 1.06. The van der Waals surface area contributed by atoms with Gasteiger partial charge in [-0.25, -0.2) is 0 Å². The van der Waals surface area contributed by atoms with Gasteiger partial charge in [-0.05, 0) is 61.2 Å². The van der Waals surface area contributed by atoms with E-state index in [0.717, 1.165) is 25.2 Å². The number of halogens is 3. The van der Waals surface area contributed by atoms with Crippen molar-refractivity contribution in [1.82, 2.24) is 0 Å². The third-order valence-electron chi connectivity index (χ3n) is 4.62. The fourth-order valence-corrected chi connectivity index (χ4v) is 2.92. The Morgan fingerprint density at radius 2 is 1.89 bits per heavy atom. The number of carbonyl (C=O) groups is 1. The first-order chi connectivity index (χ1) is 13.4. The van der Waals surface area contributed by atoms with Gasteiger partial charge in [-0.3, -0.25) is 4.79 Å². The molecule has 0 amide bonds. The van der Waals surface area contributed by atoms with Crippen LogP contribution in [0.25, 0.3) is 0 Å². The van der Waals surface area contributed by atoms with Crippen molar-refractivity contribution in [1.29, 1.82) is 5.26 Å². The second-order valence-electron chi connectivity index (χ2n) is 6.76. The maximum Gasteiger partial charge on any atom is 0.417 e. The Hall–Kier alpha value is -3.01. The molecule has 0 atom stereocenters. The van der Waals surface area contributed by atoms with Crippen LogP contribution in [0.5, 0.6) is 5.75 Å². The van der Waals surface area contributed by atoms with Gasteiger partial charge in [0.1, 0.15) is 18.6 Å². The zero-order valence-corrected chi connectivity index (χ0v) is 15.1. The standard InChI is InChI=1S/C21H19F3N2O2/c22-21(23,24)20-11-18(6-5-17(20)12-25)26(13-15-1-2-15)9-10-28-19-7-3-16(14-27)4-8-19/h3-8,11,14-15H,1-2,9-10,13H2. The highest BCUT2D eigenvalue weighted by Gasteiger charge is 2.34. The van der Waals surface area contributed by atoms with Gasteiger partial charge in [-0.2, -0.15) is 18.4 Å². The van der Waals surface area contributed by atoms with Crippen LogP contribution in [0.2, 0.25) is 0 Å². The molecule has 0 bridgehead atoms. The molecule has 146 valence electrons. The summed E-state index contributed by atoms with van der Waals surface area (Å²) in [6, 6.07) is 12.1. The SMILES string of the molecule is N#Cc1ccc(N(CCOc2ccc(C=O)cc2)CC2CC2)cc1C(F)(F)F. The van der Waals surface area contributed by atoms with Gasteiger partial charge in [-0.1, -0.05) is 0 Å². The number of hydrogen-bond donors (Lipinski definition) is 0. The van der Waals surface area contributed by atoms with E-state index >= 15 is 0 Å². The number of alkyl halides is 3. The fraction of sp³-hybridized carbons (Fsp3) is 0.333. The fourth-order valence-electron chi connectivity index (χ4n) is 2.92. The summed E-state index contributed by atoms with van der Waals surface area (Å²) in [4.78, 5) is 12.6. The van der Waals surface area contributed by atoms with Gasteiger partial charge in [-0.15, -0.1) is 0 Å². The lowest BCUT2D eigenvalue weighted by molar-refractivity contribution is -0.137. The molecule has 0 saturated heterocycles. The van der Waals surface area contributed by atoms with Crippen molar-refractivity contribution in [3.05, 3.63) is 59.2 Å². The molecule has 2 aromatic carbocycles. The minimum Gasteiger partial charge on any atom is -0.492 e. The van der Waals surface area contributed by atoms with Crippen molar-refractivity contribution in [3.63, 3.8) is 0 Å². The van der Waals surface area contributed by atoms with Gasteiger partial charge < -0.3 is 9.64 Å². The Kier molecular flexibility index (Phi) is 5.88. The minimum atomic E-state index is -4.58. The number of anilines is 1. The number of benzene rings is 2. The van der Waals surface area contributed by atoms with Gasteiger partial charge in [0, 0.05) is 17.8 Å². The van der Waals surface area contributed by atoms with E-state index in [2.05, 4.69) is 0 Å². The van der Waals surface area contributed by atoms with Crippen molar-refractivity contribution >= 4 is 12.0 Å². The molecule has 4 nitrogen and oxygen atoms in total. The zero-order chi connectivity index (χ0) is 20.1. The Morgan fingerprint density at radius 1 is 1.18 bits per heavy atom. The van der Waals surface area contributed by atoms with Gasteiger partial charge in [0.25, 0.3) is 0 Å². The van der Waals surface area contributed by atoms with Gasteiger partial charge in [0.2, 0.25) is 0 Å². The van der Waals surface area contributed by atoms with Crippen LogP contribution in [0.15, 0.2) is 42.5 Å². The van der Waals surface area contributed by atoms with Crippen LogP contribution >= 0.6 is 0 Å². The average Bonchev–Trinajstić information content (AvgIpc) is 3.50. The van der Waals surface area contributed by atoms with E-state index in [1.165, 1.54) is 6.07 Å². The third-order valence-corrected chi connectivity index (χ3v) is 4.62. The van der Waals surface area contributed by atoms with Crippen molar-refractivity contribution in [3.8, 4) is 11.8 Å². The molecule has 0 radical (unpaired) electrons. The van der Waals surface area contributed by atoms with Crippen LogP contribution < -0.4 is 9.64 Å². The summed E-state index contributed by atoms with van der Waals surface area (Å²) in [5, 5.41) is 8.97. The maximum atomic E-state index is 13.3. The second-order valence-corrected chi connectivity index (χ2v) is 6.76. The van der Waals surface area contributed by atoms with E-state index in [-0.39, 0.29) is 12.2 Å². The molecule has 1 aliphatic rings. The number of nitriles is 1. The van der Waals surface area contributed by atoms with E-state index in [1.54, 1.807) is 36.4 Å². The minimum absolute atomic E-state index is 0.286. The summed E-state index contributed by atoms with van der Waals surface area (Å²) in [6.07, 6.45) is -1.71. The summed E-state index contributed by atoms with van der Waals surface area (Å²) in [5.41, 5.74) is -0.328. The number of aldehydes is 1. The molecule has 2 aromatic rings. The molecule has 0 unspecified atom stereocenters. The highest BCUT2D eigenvalue weighted by atomic mass is 19.4. The summed E-state index contributed by atoms with van der Waals surface area (Å²) in [7, 11) is 0. The lowest BCUT2D eigenvalue weighted by Crippen LogP contribution is -2.30. The largest absolute Gasteiger partial charge is 0.492 e. The molecule has 1 fully saturated rings. The normalized spacial score (nSPS) is 13.6. The van der Waals surface area contributed by atoms with Crippen LogP contribution in [0.4, 0.5) is 18.9 Å². The van der Waals surface area contributed by atoms with Crippen molar-refractivity contribution < 1.29 is 22.7 Å². The zero-order valence-electron chi connectivity index (χ0n) is 15.1. The molecule has 1 saturated carbocycles. The molecule has 3 rings (SSSR count). The maximum absolute atomic E-state index is 13.3. The summed E-state index contributed by atoms with van der Waals surface area (Å²) < 4.78 is 45.5. The first-order valence-corrected chi connectivity index (χ1v) is 8.95. The van der Waals surface area contributed by atoms with Crippen molar-refractivity contribution in [2.45, 2.75) is 19.0 Å². The van der Waals surface area contributed by atoms with E-state index < -0.39 is 11.7 Å². The molecule has 1 aliphatic carbocycles. The first-order valence-electron chi connectivity index (χ1n) is 8.95. The lowest BCUT2D eigenvalue weighted by Gasteiger charge is -2.26. The van der Waals surface area contributed by atoms with Gasteiger partial charge in [0.05, 0.1) is 23.7 Å². The Bertz CT molecular complexity index is 869. The number of rotatable bonds is 8. The second kappa shape index (κ2) is 8.34. The molecule has 0 N–H and O–H groups in total. The summed E-state index contributed by atoms with van der Waals surface area (Å²) in [6.45, 7) is 1.35. The third kappa shape index (κ3) is 5.03. The first kappa shape index (κ1) is 19.7. The molecular formula is C21H19F3N2O2. The monoisotopic (exact) mass is 388 g/mol. The van der Waals surface area contributed by atoms with Crippen LogP contribution in [0.3, 0.4) is 0 Å². The van der Waals surface area contributed by atoms with Crippen LogP contribution in [-0.4, -0.2) is 26.0 Å². The lowest BCUT2D eigenvalue weighted by atomic mass is 10.1. The quantitative estimate of drug-likeness (QED) is 0.616. The van der Waals surface area contributed by atoms with Crippen LogP contribution in [-0.2, 0) is 6.18 Å². The Labute approximate surface area is 161 Å². The predicted molar refractivity (Wildman–Crippen MR) is 98.4 cm³/mol. The van der Waals surface area contributed by atoms with Crippen molar-refractivity contribution in [2.75, 3.05) is 24.6 Å². The molecular weight excluding hydrogens is 369 g/mol. The molecule has 0 aromatic heterocycles. The van der Waals surface area contributed by atoms with Crippen molar-refractivity contribution in [2.24, 2.45) is 5.92 Å². The van der Waals surface area contributed by atoms with Crippen LogP contribution in [0.1, 0.15) is 34.3 Å². The highest BCUT2D eigenvalue weighted by Crippen LogP contribution is 2.36. The topological polar surface area (TPSA) is 53.3 Å². The smallest absolute Gasteiger partial charge is 0.417 e. The van der Waals surface area contributed by atoms with Gasteiger partial charge in [0.15, 0.2) is 0 Å². The number of ether oxygens (including phenoxy) is 1. The molecule has 0 aliphatic heterocycles. The van der Waals surface area contributed by atoms with E-state index in [1.807, 2.05) is 4.90 Å². The highest BCUT2D eigenvalue weighted by molar-refractivity contribution is 5.74. The molecule has 0 spiro atoms.